The van der Waals surface area contributed by atoms with Crippen molar-refractivity contribution >= 4 is 0 Å². The second-order valence-electron chi connectivity index (χ2n) is 4.77. The average molecular weight is 273 g/mol. The summed E-state index contributed by atoms with van der Waals surface area (Å²) in [5.41, 5.74) is 2.41. The van der Waals surface area contributed by atoms with Crippen LogP contribution in [0.15, 0.2) is 43.5 Å². The van der Waals surface area contributed by atoms with Crippen molar-refractivity contribution in [3.63, 3.8) is 0 Å². The first-order valence-corrected chi connectivity index (χ1v) is 7.44. The third kappa shape index (κ3) is 4.86. The lowest BCUT2D eigenvalue weighted by Crippen LogP contribution is -2.28. The number of para-hydroxylation sites is 1. The van der Waals surface area contributed by atoms with Crippen LogP contribution in [0, 0.1) is 0 Å². The molecular formula is C18H27NO. The van der Waals surface area contributed by atoms with Crippen molar-refractivity contribution in [2.75, 3.05) is 26.2 Å². The van der Waals surface area contributed by atoms with Gasteiger partial charge >= 0.3 is 0 Å². The highest BCUT2D eigenvalue weighted by molar-refractivity contribution is 5.43. The van der Waals surface area contributed by atoms with Gasteiger partial charge in [-0.3, -0.25) is 0 Å². The maximum Gasteiger partial charge on any atom is 0.126 e. The molecule has 110 valence electrons. The van der Waals surface area contributed by atoms with E-state index in [4.69, 9.17) is 4.74 Å². The molecular weight excluding hydrogens is 246 g/mol. The molecule has 0 amide bonds. The molecule has 20 heavy (non-hydrogen) atoms. The van der Waals surface area contributed by atoms with Crippen LogP contribution >= 0.6 is 0 Å². The highest BCUT2D eigenvalue weighted by Gasteiger charge is 2.08. The number of likely N-dealkylation sites (N-methyl/N-ethyl adjacent to an activating group) is 1. The summed E-state index contributed by atoms with van der Waals surface area (Å²) in [6.07, 6.45) is 5.52. The van der Waals surface area contributed by atoms with Crippen LogP contribution in [-0.4, -0.2) is 31.1 Å². The monoisotopic (exact) mass is 273 g/mol. The van der Waals surface area contributed by atoms with E-state index >= 15 is 0 Å². The Morgan fingerprint density at radius 2 is 1.60 bits per heavy atom. The molecule has 0 aliphatic heterocycles. The maximum atomic E-state index is 6.07. The predicted octanol–water partition coefficient (Wildman–Crippen LogP) is 3.86. The zero-order valence-corrected chi connectivity index (χ0v) is 12.9. The number of ether oxygens (including phenoxy) is 1. The Kier molecular flexibility index (Phi) is 7.74. The quantitative estimate of drug-likeness (QED) is 0.600. The fraction of sp³-hybridized carbons (Fsp3) is 0.444. The number of hydrogen-bond donors (Lipinski definition) is 0. The predicted molar refractivity (Wildman–Crippen MR) is 87.5 cm³/mol. The molecule has 0 N–H and O–H groups in total. The van der Waals surface area contributed by atoms with Crippen LogP contribution < -0.4 is 4.74 Å². The Bertz CT molecular complexity index is 393. The van der Waals surface area contributed by atoms with Gasteiger partial charge in [-0.1, -0.05) is 44.2 Å². The molecule has 0 heterocycles. The molecule has 0 fully saturated rings. The normalized spacial score (nSPS) is 10.6. The highest BCUT2D eigenvalue weighted by atomic mass is 16.5. The molecule has 0 spiro atoms. The van der Waals surface area contributed by atoms with Gasteiger partial charge in [0.25, 0.3) is 0 Å². The van der Waals surface area contributed by atoms with Gasteiger partial charge in [-0.25, -0.2) is 0 Å². The molecule has 2 heteroatoms. The lowest BCUT2D eigenvalue weighted by Gasteiger charge is -2.20. The van der Waals surface area contributed by atoms with Crippen LogP contribution in [0.2, 0.25) is 0 Å². The third-order valence-corrected chi connectivity index (χ3v) is 3.45. The second kappa shape index (κ2) is 9.38. The van der Waals surface area contributed by atoms with Crippen LogP contribution in [0.3, 0.4) is 0 Å². The zero-order chi connectivity index (χ0) is 14.8. The molecule has 0 bridgehead atoms. The molecule has 1 aromatic carbocycles. The lowest BCUT2D eigenvalue weighted by atomic mass is 10.0. The Morgan fingerprint density at radius 1 is 1.05 bits per heavy atom. The van der Waals surface area contributed by atoms with Crippen LogP contribution in [0.1, 0.15) is 25.0 Å². The van der Waals surface area contributed by atoms with E-state index in [0.29, 0.717) is 0 Å². The van der Waals surface area contributed by atoms with Crippen molar-refractivity contribution in [2.24, 2.45) is 0 Å². The van der Waals surface area contributed by atoms with Gasteiger partial charge < -0.3 is 9.64 Å². The van der Waals surface area contributed by atoms with Gasteiger partial charge in [0.05, 0.1) is 0 Å². The van der Waals surface area contributed by atoms with E-state index in [-0.39, 0.29) is 0 Å². The van der Waals surface area contributed by atoms with Gasteiger partial charge in [0.1, 0.15) is 12.4 Å². The number of rotatable bonds is 10. The standard InChI is InChI=1S/C18H27NO/c1-5-10-16-12-9-13-17(11-6-2)18(16)20-15-14-19(7-3)8-4/h5-6,9,12-13H,1-2,7-8,10-11,14-15H2,3-4H3. The van der Waals surface area contributed by atoms with Gasteiger partial charge in [0, 0.05) is 6.54 Å². The number of benzene rings is 1. The molecule has 0 saturated heterocycles. The summed E-state index contributed by atoms with van der Waals surface area (Å²) in [5, 5.41) is 0. The van der Waals surface area contributed by atoms with E-state index in [1.807, 2.05) is 12.2 Å². The van der Waals surface area contributed by atoms with Gasteiger partial charge in [-0.15, -0.1) is 13.2 Å². The third-order valence-electron chi connectivity index (χ3n) is 3.45. The molecule has 0 atom stereocenters. The molecule has 2 nitrogen and oxygen atoms in total. The maximum absolute atomic E-state index is 6.07. The minimum atomic E-state index is 0.722. The summed E-state index contributed by atoms with van der Waals surface area (Å²) in [5.74, 6) is 1.01. The number of allylic oxidation sites excluding steroid dienone is 2. The largest absolute Gasteiger partial charge is 0.492 e. The van der Waals surface area contributed by atoms with E-state index in [2.05, 4.69) is 50.1 Å². The van der Waals surface area contributed by atoms with Crippen molar-refractivity contribution in [2.45, 2.75) is 26.7 Å². The van der Waals surface area contributed by atoms with Crippen LogP contribution in [-0.2, 0) is 12.8 Å². The highest BCUT2D eigenvalue weighted by Crippen LogP contribution is 2.25. The van der Waals surface area contributed by atoms with Gasteiger partial charge in [-0.05, 0) is 37.1 Å². The molecule has 0 unspecified atom stereocenters. The first kappa shape index (κ1) is 16.5. The fourth-order valence-corrected chi connectivity index (χ4v) is 2.27. The van der Waals surface area contributed by atoms with Crippen LogP contribution in [0.5, 0.6) is 5.75 Å². The van der Waals surface area contributed by atoms with Gasteiger partial charge in [0.15, 0.2) is 0 Å². The molecule has 0 aliphatic rings. The Morgan fingerprint density at radius 3 is 2.05 bits per heavy atom. The van der Waals surface area contributed by atoms with E-state index in [1.165, 1.54) is 11.1 Å². The van der Waals surface area contributed by atoms with Crippen molar-refractivity contribution < 1.29 is 4.74 Å². The van der Waals surface area contributed by atoms with Crippen molar-refractivity contribution in [1.82, 2.24) is 4.90 Å². The smallest absolute Gasteiger partial charge is 0.126 e. The zero-order valence-electron chi connectivity index (χ0n) is 12.9. The van der Waals surface area contributed by atoms with E-state index in [0.717, 1.165) is 44.8 Å². The summed E-state index contributed by atoms with van der Waals surface area (Å²) >= 11 is 0. The number of nitrogens with zero attached hydrogens (tertiary/aromatic N) is 1. The Hall–Kier alpha value is -1.54. The summed E-state index contributed by atoms with van der Waals surface area (Å²) in [4.78, 5) is 2.36. The summed E-state index contributed by atoms with van der Waals surface area (Å²) in [6.45, 7) is 15.8. The summed E-state index contributed by atoms with van der Waals surface area (Å²) < 4.78 is 6.07. The molecule has 0 aromatic heterocycles. The lowest BCUT2D eigenvalue weighted by molar-refractivity contribution is 0.221. The Labute approximate surface area is 123 Å². The Balaban J connectivity index is 2.78. The van der Waals surface area contributed by atoms with Gasteiger partial charge in [-0.2, -0.15) is 0 Å². The van der Waals surface area contributed by atoms with Crippen molar-refractivity contribution in [3.05, 3.63) is 54.6 Å². The first-order valence-electron chi connectivity index (χ1n) is 7.44. The summed E-state index contributed by atoms with van der Waals surface area (Å²) in [7, 11) is 0. The minimum absolute atomic E-state index is 0.722. The van der Waals surface area contributed by atoms with Crippen LogP contribution in [0.4, 0.5) is 0 Å². The second-order valence-corrected chi connectivity index (χ2v) is 4.77. The summed E-state index contributed by atoms with van der Waals surface area (Å²) in [6, 6.07) is 6.30. The number of hydrogen-bond acceptors (Lipinski definition) is 2. The van der Waals surface area contributed by atoms with Crippen LogP contribution in [0.25, 0.3) is 0 Å². The first-order chi connectivity index (χ1) is 9.76. The van der Waals surface area contributed by atoms with E-state index < -0.39 is 0 Å². The minimum Gasteiger partial charge on any atom is -0.492 e. The average Bonchev–Trinajstić information content (AvgIpc) is 2.46. The molecule has 1 rings (SSSR count). The van der Waals surface area contributed by atoms with E-state index in [1.54, 1.807) is 0 Å². The van der Waals surface area contributed by atoms with Gasteiger partial charge in [0.2, 0.25) is 0 Å². The molecule has 1 aromatic rings. The fourth-order valence-electron chi connectivity index (χ4n) is 2.27. The molecule has 0 saturated carbocycles. The van der Waals surface area contributed by atoms with Crippen molar-refractivity contribution in [3.8, 4) is 5.75 Å². The topological polar surface area (TPSA) is 12.5 Å². The SMILES string of the molecule is C=CCc1cccc(CC=C)c1OCCN(CC)CC. The molecule has 0 radical (unpaired) electrons. The van der Waals surface area contributed by atoms with Crippen molar-refractivity contribution in [1.29, 1.82) is 0 Å². The van der Waals surface area contributed by atoms with E-state index in [9.17, 15) is 0 Å². The molecule has 0 aliphatic carbocycles.